The smallest absolute Gasteiger partial charge is 0.416 e. The molecule has 0 spiro atoms. The molecule has 1 fully saturated rings. The number of ether oxygens (including phenoxy) is 1. The second-order valence-corrected chi connectivity index (χ2v) is 6.13. The van der Waals surface area contributed by atoms with Crippen molar-refractivity contribution in [1.29, 1.82) is 0 Å². The number of rotatable bonds is 5. The number of alkyl halides is 3. The first-order valence-corrected chi connectivity index (χ1v) is 8.46. The Morgan fingerprint density at radius 1 is 1.21 bits per heavy atom. The Morgan fingerprint density at radius 3 is 2.54 bits per heavy atom. The van der Waals surface area contributed by atoms with Crippen LogP contribution in [0.25, 0.3) is 0 Å². The van der Waals surface area contributed by atoms with E-state index in [-0.39, 0.29) is 12.5 Å². The highest BCUT2D eigenvalue weighted by Gasteiger charge is 2.35. The highest BCUT2D eigenvalue weighted by atomic mass is 19.4. The van der Waals surface area contributed by atoms with Crippen molar-refractivity contribution in [2.75, 3.05) is 6.61 Å². The Labute approximate surface area is 140 Å². The third-order valence-corrected chi connectivity index (χ3v) is 4.28. The molecule has 0 atom stereocenters. The van der Waals surface area contributed by atoms with E-state index < -0.39 is 11.7 Å². The van der Waals surface area contributed by atoms with Crippen LogP contribution in [0.5, 0.6) is 0 Å². The van der Waals surface area contributed by atoms with Gasteiger partial charge >= 0.3 is 12.1 Å². The molecule has 0 bridgehead atoms. The summed E-state index contributed by atoms with van der Waals surface area (Å²) in [6, 6.07) is 4.55. The van der Waals surface area contributed by atoms with Crippen LogP contribution in [0.4, 0.5) is 13.2 Å². The third-order valence-electron chi connectivity index (χ3n) is 4.28. The van der Waals surface area contributed by atoms with E-state index in [2.05, 4.69) is 5.16 Å². The molecule has 1 aliphatic rings. The number of hydrogen-bond acceptors (Lipinski definition) is 2. The van der Waals surface area contributed by atoms with Crippen LogP contribution in [0.3, 0.4) is 0 Å². The molecule has 0 radical (unpaired) electrons. The normalized spacial score (nSPS) is 17.0. The Hall–Kier alpha value is -1.72. The minimum absolute atomic E-state index is 0.0111. The lowest BCUT2D eigenvalue weighted by atomic mass is 9.81. The van der Waals surface area contributed by atoms with Gasteiger partial charge in [0.05, 0.1) is 19.1 Å². The van der Waals surface area contributed by atoms with Crippen molar-refractivity contribution in [2.24, 2.45) is 0 Å². The fourth-order valence-electron chi connectivity index (χ4n) is 3.18. The Morgan fingerprint density at radius 2 is 1.92 bits per heavy atom. The maximum atomic E-state index is 13.5. The van der Waals surface area contributed by atoms with Crippen LogP contribution in [0.15, 0.2) is 18.2 Å². The van der Waals surface area contributed by atoms with Gasteiger partial charge in [0.2, 0.25) is 0 Å². The van der Waals surface area contributed by atoms with E-state index >= 15 is 0 Å². The molecule has 0 saturated heterocycles. The molecule has 1 aromatic carbocycles. The molecule has 0 heterocycles. The minimum atomic E-state index is -4.34. The zero-order chi connectivity index (χ0) is 17.6. The molecular formula is C18H25F3NO2+. The number of nitrogens with one attached hydrogen (secondary N) is 1. The van der Waals surface area contributed by atoms with Gasteiger partial charge in [-0.25, -0.2) is 0 Å². The van der Waals surface area contributed by atoms with Crippen molar-refractivity contribution in [3.63, 3.8) is 0 Å². The third kappa shape index (κ3) is 5.14. The van der Waals surface area contributed by atoms with Crippen molar-refractivity contribution in [3.8, 4) is 0 Å². The van der Waals surface area contributed by atoms with Crippen LogP contribution in [-0.4, -0.2) is 12.5 Å². The topological polar surface area (TPSA) is 32.4 Å². The minimum Gasteiger partial charge on any atom is -0.446 e. The van der Waals surface area contributed by atoms with E-state index in [1.54, 1.807) is 19.1 Å². The van der Waals surface area contributed by atoms with Crippen LogP contribution in [0, 0.1) is 0 Å². The Kier molecular flexibility index (Phi) is 6.52. The van der Waals surface area contributed by atoms with E-state index in [9.17, 15) is 13.2 Å². The molecular weight excluding hydrogens is 319 g/mol. The maximum absolute atomic E-state index is 13.5. The molecule has 0 aliphatic heterocycles. The number of halogens is 3. The van der Waals surface area contributed by atoms with E-state index in [1.807, 2.05) is 6.92 Å². The summed E-state index contributed by atoms with van der Waals surface area (Å²) in [5, 5.41) is 2.58. The van der Waals surface area contributed by atoms with Gasteiger partial charge in [-0.3, -0.25) is 4.84 Å². The maximum Gasteiger partial charge on any atom is 0.416 e. The summed E-state index contributed by atoms with van der Waals surface area (Å²) in [7, 11) is 0. The van der Waals surface area contributed by atoms with Gasteiger partial charge in [0.25, 0.3) is 0 Å². The highest BCUT2D eigenvalue weighted by molar-refractivity contribution is 5.66. The first kappa shape index (κ1) is 18.6. The lowest BCUT2D eigenvalue weighted by molar-refractivity contribution is -0.763. The second-order valence-electron chi connectivity index (χ2n) is 6.13. The molecule has 0 amide bonds. The summed E-state index contributed by atoms with van der Waals surface area (Å²) in [6.07, 6.45) is 0.452. The van der Waals surface area contributed by atoms with Gasteiger partial charge in [0, 0.05) is 0 Å². The summed E-state index contributed by atoms with van der Waals surface area (Å²) < 4.78 is 45.5. The van der Waals surface area contributed by atoms with Crippen LogP contribution in [0.2, 0.25) is 0 Å². The van der Waals surface area contributed by atoms with E-state index in [1.165, 1.54) is 6.07 Å². The van der Waals surface area contributed by atoms with Gasteiger partial charge in [-0.2, -0.15) is 13.2 Å². The standard InChI is InChI=1S/C18H24F3NO2/c1-3-23-13(2)22-24-12-14-9-10-16(15-7-5-4-6-8-15)17(11-14)18(19,20)21/h9-11,15H,3-8,12H2,1-2H3/p+1. The summed E-state index contributed by atoms with van der Waals surface area (Å²) in [6.45, 7) is 4.07. The SMILES string of the molecule is CCOC(C)=[NH+]OCc1ccc(C2CCCCC2)c(C(F)(F)F)c1. The number of hydrogen-bond donors (Lipinski definition) is 1. The summed E-state index contributed by atoms with van der Waals surface area (Å²) in [4.78, 5) is 5.21. The van der Waals surface area contributed by atoms with E-state index in [4.69, 9.17) is 9.57 Å². The summed E-state index contributed by atoms with van der Waals surface area (Å²) in [5.41, 5.74) is 0.385. The fourth-order valence-corrected chi connectivity index (χ4v) is 3.18. The summed E-state index contributed by atoms with van der Waals surface area (Å²) in [5.74, 6) is 0.490. The van der Waals surface area contributed by atoms with Crippen molar-refractivity contribution in [1.82, 2.24) is 0 Å². The predicted molar refractivity (Wildman–Crippen MR) is 85.3 cm³/mol. The molecule has 1 saturated carbocycles. The fraction of sp³-hybridized carbons (Fsp3) is 0.611. The average Bonchev–Trinajstić information content (AvgIpc) is 2.55. The largest absolute Gasteiger partial charge is 0.446 e. The summed E-state index contributed by atoms with van der Waals surface area (Å²) >= 11 is 0. The van der Waals surface area contributed by atoms with Gasteiger partial charge < -0.3 is 4.74 Å². The molecule has 1 N–H and O–H groups in total. The van der Waals surface area contributed by atoms with Crippen LogP contribution in [0.1, 0.15) is 68.6 Å². The molecule has 1 aromatic rings. The molecule has 6 heteroatoms. The molecule has 0 unspecified atom stereocenters. The molecule has 1 aliphatic carbocycles. The zero-order valence-electron chi connectivity index (χ0n) is 14.2. The Bertz CT molecular complexity index is 564. The van der Waals surface area contributed by atoms with Crippen molar-refractivity contribution < 1.29 is 27.9 Å². The van der Waals surface area contributed by atoms with Gasteiger partial charge in [0.15, 0.2) is 6.61 Å². The van der Waals surface area contributed by atoms with E-state index in [0.29, 0.717) is 23.6 Å². The second kappa shape index (κ2) is 8.40. The zero-order valence-corrected chi connectivity index (χ0v) is 14.2. The highest BCUT2D eigenvalue weighted by Crippen LogP contribution is 2.41. The van der Waals surface area contributed by atoms with Gasteiger partial charge in [-0.05, 0) is 48.0 Å². The van der Waals surface area contributed by atoms with Crippen LogP contribution < -0.4 is 5.16 Å². The lowest BCUT2D eigenvalue weighted by Crippen LogP contribution is -2.71. The monoisotopic (exact) mass is 344 g/mol. The van der Waals surface area contributed by atoms with Crippen LogP contribution in [-0.2, 0) is 22.4 Å². The first-order valence-electron chi connectivity index (χ1n) is 8.46. The quantitative estimate of drug-likeness (QED) is 0.502. The van der Waals surface area contributed by atoms with Crippen molar-refractivity contribution in [3.05, 3.63) is 34.9 Å². The molecule has 2 rings (SSSR count). The molecule has 24 heavy (non-hydrogen) atoms. The molecule has 134 valence electrons. The number of benzene rings is 1. The van der Waals surface area contributed by atoms with Crippen molar-refractivity contribution in [2.45, 2.75) is 64.7 Å². The van der Waals surface area contributed by atoms with Crippen molar-refractivity contribution >= 4 is 5.90 Å². The van der Waals surface area contributed by atoms with E-state index in [0.717, 1.165) is 32.1 Å². The predicted octanol–water partition coefficient (Wildman–Crippen LogP) is 3.72. The molecule has 3 nitrogen and oxygen atoms in total. The first-order chi connectivity index (χ1) is 11.4. The van der Waals surface area contributed by atoms with Gasteiger partial charge in [0.1, 0.15) is 0 Å². The Balaban J connectivity index is 2.15. The van der Waals surface area contributed by atoms with Crippen LogP contribution >= 0.6 is 0 Å². The van der Waals surface area contributed by atoms with Gasteiger partial charge in [-0.1, -0.05) is 31.4 Å². The lowest BCUT2D eigenvalue weighted by Gasteiger charge is -2.25. The average molecular weight is 344 g/mol. The molecule has 0 aromatic heterocycles. The van der Waals surface area contributed by atoms with Gasteiger partial charge in [-0.15, -0.1) is 0 Å².